The van der Waals surface area contributed by atoms with Gasteiger partial charge in [0.05, 0.1) is 16.9 Å². The molecule has 0 aliphatic carbocycles. The van der Waals surface area contributed by atoms with E-state index >= 15 is 0 Å². The molecule has 29 heavy (non-hydrogen) atoms. The predicted octanol–water partition coefficient (Wildman–Crippen LogP) is 3.52. The zero-order chi connectivity index (χ0) is 21.2. The van der Waals surface area contributed by atoms with E-state index in [0.717, 1.165) is 24.3 Å². The first kappa shape index (κ1) is 20.0. The summed E-state index contributed by atoms with van der Waals surface area (Å²) in [6.07, 6.45) is 0.178. The smallest absolute Gasteiger partial charge is 0.416 e. The molecule has 3 rings (SSSR count). The van der Waals surface area contributed by atoms with Crippen molar-refractivity contribution in [2.24, 2.45) is 0 Å². The minimum absolute atomic E-state index is 0.0520. The van der Waals surface area contributed by atoms with Crippen LogP contribution in [0.3, 0.4) is 0 Å². The van der Waals surface area contributed by atoms with E-state index in [1.165, 1.54) is 54.3 Å². The minimum Gasteiger partial charge on any atom is -0.619 e. The Morgan fingerprint density at radius 3 is 2.24 bits per heavy atom. The zero-order valence-electron chi connectivity index (χ0n) is 15.1. The van der Waals surface area contributed by atoms with Crippen LogP contribution < -0.4 is 4.73 Å². The Kier molecular flexibility index (Phi) is 5.31. The molecule has 3 aromatic rings. The standard InChI is InChI=1S/C20H14F3N3O3/c1-13(27)2-7-19(28)18-12-17(14-8-10-25(29)11-9-14)24-26(18)16-5-3-15(4-6-16)20(21,22)23/h2-12H,1H3/b7-2-. The van der Waals surface area contributed by atoms with Gasteiger partial charge < -0.3 is 5.21 Å². The summed E-state index contributed by atoms with van der Waals surface area (Å²) in [4.78, 5) is 23.7. The second kappa shape index (κ2) is 7.70. The maximum absolute atomic E-state index is 12.8. The third kappa shape index (κ3) is 4.57. The molecule has 2 heterocycles. The van der Waals surface area contributed by atoms with E-state index in [1.54, 1.807) is 0 Å². The van der Waals surface area contributed by atoms with E-state index < -0.39 is 17.5 Å². The van der Waals surface area contributed by atoms with Crippen LogP contribution in [0.25, 0.3) is 16.9 Å². The van der Waals surface area contributed by atoms with Gasteiger partial charge in [-0.1, -0.05) is 0 Å². The van der Waals surface area contributed by atoms with Crippen molar-refractivity contribution in [2.45, 2.75) is 13.1 Å². The molecule has 0 spiro atoms. The number of pyridine rings is 1. The fourth-order valence-corrected chi connectivity index (χ4v) is 2.55. The quantitative estimate of drug-likeness (QED) is 0.284. The van der Waals surface area contributed by atoms with Crippen LogP contribution in [0, 0.1) is 5.21 Å². The van der Waals surface area contributed by atoms with E-state index in [-0.39, 0.29) is 17.2 Å². The molecule has 0 saturated carbocycles. The summed E-state index contributed by atoms with van der Waals surface area (Å²) in [5, 5.41) is 15.5. The molecule has 0 saturated heterocycles. The first-order valence-electron chi connectivity index (χ1n) is 8.35. The second-order valence-corrected chi connectivity index (χ2v) is 6.13. The highest BCUT2D eigenvalue weighted by Gasteiger charge is 2.30. The molecule has 1 aromatic carbocycles. The lowest BCUT2D eigenvalue weighted by molar-refractivity contribution is -0.605. The summed E-state index contributed by atoms with van der Waals surface area (Å²) >= 11 is 0. The summed E-state index contributed by atoms with van der Waals surface area (Å²) in [6, 6.07) is 8.59. The van der Waals surface area contributed by atoms with Crippen LogP contribution in [0.5, 0.6) is 0 Å². The van der Waals surface area contributed by atoms with E-state index in [1.807, 2.05) is 0 Å². The van der Waals surface area contributed by atoms with Crippen LogP contribution >= 0.6 is 0 Å². The van der Waals surface area contributed by atoms with Gasteiger partial charge in [0.1, 0.15) is 5.69 Å². The monoisotopic (exact) mass is 401 g/mol. The number of halogens is 3. The maximum Gasteiger partial charge on any atom is 0.416 e. The Morgan fingerprint density at radius 1 is 1.07 bits per heavy atom. The van der Waals surface area contributed by atoms with Gasteiger partial charge in [0.2, 0.25) is 5.78 Å². The normalized spacial score (nSPS) is 11.7. The van der Waals surface area contributed by atoms with Crippen LogP contribution in [0.15, 0.2) is 67.0 Å². The highest BCUT2D eigenvalue weighted by molar-refractivity contribution is 6.07. The molecule has 0 bridgehead atoms. The maximum atomic E-state index is 12.8. The van der Waals surface area contributed by atoms with Crippen molar-refractivity contribution in [3.8, 4) is 16.9 Å². The van der Waals surface area contributed by atoms with Crippen LogP contribution in [0.4, 0.5) is 13.2 Å². The average molecular weight is 401 g/mol. The summed E-state index contributed by atoms with van der Waals surface area (Å²) in [5.74, 6) is -0.879. The zero-order valence-corrected chi connectivity index (χ0v) is 15.1. The Hall–Kier alpha value is -3.75. The molecular formula is C20H14F3N3O3. The number of hydrogen-bond acceptors (Lipinski definition) is 4. The molecule has 6 nitrogen and oxygen atoms in total. The van der Waals surface area contributed by atoms with Gasteiger partial charge >= 0.3 is 6.18 Å². The number of benzene rings is 1. The molecule has 0 unspecified atom stereocenters. The fraction of sp³-hybridized carbons (Fsp3) is 0.100. The van der Waals surface area contributed by atoms with Crippen molar-refractivity contribution in [1.29, 1.82) is 0 Å². The lowest BCUT2D eigenvalue weighted by atomic mass is 10.1. The number of carbonyl (C=O) groups excluding carboxylic acids is 2. The fourth-order valence-electron chi connectivity index (χ4n) is 2.55. The number of carbonyl (C=O) groups is 2. The van der Waals surface area contributed by atoms with Crippen LogP contribution in [0.1, 0.15) is 23.0 Å². The largest absolute Gasteiger partial charge is 0.619 e. The summed E-state index contributed by atoms with van der Waals surface area (Å²) < 4.78 is 40.2. The molecule has 0 aliphatic heterocycles. The molecule has 9 heteroatoms. The van der Waals surface area contributed by atoms with E-state index in [2.05, 4.69) is 5.10 Å². The van der Waals surface area contributed by atoms with Crippen molar-refractivity contribution in [3.05, 3.63) is 83.5 Å². The van der Waals surface area contributed by atoms with E-state index in [4.69, 9.17) is 0 Å². The summed E-state index contributed by atoms with van der Waals surface area (Å²) in [5.41, 5.74) is 0.327. The van der Waals surface area contributed by atoms with Gasteiger partial charge in [-0.15, -0.1) is 0 Å². The lowest BCUT2D eigenvalue weighted by Gasteiger charge is -2.09. The highest BCUT2D eigenvalue weighted by atomic mass is 19.4. The number of ketones is 2. The van der Waals surface area contributed by atoms with Gasteiger partial charge in [-0.25, -0.2) is 4.68 Å². The van der Waals surface area contributed by atoms with Crippen LogP contribution in [-0.4, -0.2) is 21.3 Å². The van der Waals surface area contributed by atoms with Crippen LogP contribution in [-0.2, 0) is 11.0 Å². The number of alkyl halides is 3. The number of aromatic nitrogens is 3. The molecule has 0 fully saturated rings. The van der Waals surface area contributed by atoms with E-state index in [0.29, 0.717) is 16.0 Å². The second-order valence-electron chi connectivity index (χ2n) is 6.13. The highest BCUT2D eigenvalue weighted by Crippen LogP contribution is 2.30. The van der Waals surface area contributed by atoms with Crippen molar-refractivity contribution in [2.75, 3.05) is 0 Å². The van der Waals surface area contributed by atoms with Gasteiger partial charge in [-0.2, -0.15) is 23.0 Å². The molecule has 0 atom stereocenters. The average Bonchev–Trinajstić information content (AvgIpc) is 3.11. The van der Waals surface area contributed by atoms with Crippen LogP contribution in [0.2, 0.25) is 0 Å². The molecule has 2 aromatic heterocycles. The topological polar surface area (TPSA) is 78.9 Å². The Labute approximate surface area is 163 Å². The van der Waals surface area contributed by atoms with E-state index in [9.17, 15) is 28.0 Å². The third-order valence-corrected chi connectivity index (χ3v) is 3.97. The Bertz CT molecular complexity index is 1080. The number of allylic oxidation sites excluding steroid dienone is 2. The third-order valence-electron chi connectivity index (χ3n) is 3.97. The number of nitrogens with zero attached hydrogens (tertiary/aromatic N) is 3. The lowest BCUT2D eigenvalue weighted by Crippen LogP contribution is -2.23. The van der Waals surface area contributed by atoms with Gasteiger partial charge in [0.25, 0.3) is 0 Å². The first-order valence-corrected chi connectivity index (χ1v) is 8.35. The SMILES string of the molecule is CC(=O)/C=C\C(=O)c1cc(-c2cc[n+]([O-])cc2)nn1-c1ccc(C(F)(F)F)cc1. The molecule has 0 aliphatic rings. The van der Waals surface area contributed by atoms with Crippen molar-refractivity contribution in [1.82, 2.24) is 9.78 Å². The predicted molar refractivity (Wildman–Crippen MR) is 97.1 cm³/mol. The Balaban J connectivity index is 2.09. The van der Waals surface area contributed by atoms with Gasteiger partial charge in [-0.3, -0.25) is 9.59 Å². The molecular weight excluding hydrogens is 387 g/mol. The van der Waals surface area contributed by atoms with Crippen molar-refractivity contribution in [3.63, 3.8) is 0 Å². The molecule has 0 amide bonds. The molecule has 0 N–H and O–H groups in total. The van der Waals surface area contributed by atoms with Gasteiger partial charge in [0.15, 0.2) is 18.2 Å². The van der Waals surface area contributed by atoms with Crippen molar-refractivity contribution >= 4 is 11.6 Å². The Morgan fingerprint density at radius 2 is 1.69 bits per heavy atom. The molecule has 0 radical (unpaired) electrons. The summed E-state index contributed by atoms with van der Waals surface area (Å²) in [6.45, 7) is 1.28. The first-order chi connectivity index (χ1) is 13.6. The molecule has 148 valence electrons. The summed E-state index contributed by atoms with van der Waals surface area (Å²) in [7, 11) is 0. The minimum atomic E-state index is -4.49. The van der Waals surface area contributed by atoms with Gasteiger partial charge in [-0.05, 0) is 49.4 Å². The van der Waals surface area contributed by atoms with Gasteiger partial charge in [0, 0.05) is 17.7 Å². The number of hydrogen-bond donors (Lipinski definition) is 0. The van der Waals surface area contributed by atoms with Crippen molar-refractivity contribution < 1.29 is 27.5 Å². The number of rotatable bonds is 5.